The molecular weight excluding hydrogens is 409 g/mol. The number of aromatic nitrogens is 4. The molecule has 0 saturated carbocycles. The van der Waals surface area contributed by atoms with Crippen LogP contribution >= 0.6 is 0 Å². The summed E-state index contributed by atoms with van der Waals surface area (Å²) in [5.41, 5.74) is 3.35. The Morgan fingerprint density at radius 2 is 1.88 bits per heavy atom. The Morgan fingerprint density at radius 1 is 1.03 bits per heavy atom. The van der Waals surface area contributed by atoms with Gasteiger partial charge in [0.2, 0.25) is 0 Å². The van der Waals surface area contributed by atoms with E-state index in [1.165, 1.54) is 18.3 Å². The summed E-state index contributed by atoms with van der Waals surface area (Å²) in [6.07, 6.45) is 6.74. The van der Waals surface area contributed by atoms with E-state index < -0.39 is 5.56 Å². The number of nitrogens with zero attached hydrogens (tertiary/aromatic N) is 4. The van der Waals surface area contributed by atoms with E-state index in [1.807, 2.05) is 29.0 Å². The van der Waals surface area contributed by atoms with Gasteiger partial charge in [0.05, 0.1) is 17.4 Å². The molecule has 1 aromatic carbocycles. The van der Waals surface area contributed by atoms with E-state index in [0.29, 0.717) is 29.8 Å². The molecule has 0 radical (unpaired) electrons. The molecule has 0 aliphatic carbocycles. The van der Waals surface area contributed by atoms with E-state index in [0.717, 1.165) is 27.7 Å². The molecule has 2 N–H and O–H groups in total. The lowest BCUT2D eigenvalue weighted by atomic mass is 10.1. The predicted molar refractivity (Wildman–Crippen MR) is 119 cm³/mol. The fraction of sp³-hybridized carbons (Fsp3) is 0.125. The minimum atomic E-state index is -0.567. The number of benzene rings is 1. The van der Waals surface area contributed by atoms with Gasteiger partial charge >= 0.3 is 5.56 Å². The standard InChI is InChI=1S/C24H20FN5O2/c25-18-6-4-16(5-7-18)14-29-15-17(11-26-12-19-3-1-2-9-27-19)22-20-8-10-30(32)24(31)23(20)28-13-21(22)29/h1-10,13,15,26,32H,11-12,14H2. The van der Waals surface area contributed by atoms with Gasteiger partial charge < -0.3 is 15.1 Å². The average molecular weight is 429 g/mol. The zero-order valence-corrected chi connectivity index (χ0v) is 17.1. The zero-order valence-electron chi connectivity index (χ0n) is 17.1. The van der Waals surface area contributed by atoms with Crippen molar-refractivity contribution in [3.8, 4) is 0 Å². The molecule has 5 rings (SSSR count). The minimum absolute atomic E-state index is 0.202. The number of halogens is 1. The quantitative estimate of drug-likeness (QED) is 0.404. The zero-order chi connectivity index (χ0) is 22.1. The minimum Gasteiger partial charge on any atom is -0.425 e. The van der Waals surface area contributed by atoms with Crippen LogP contribution in [0.15, 0.2) is 78.1 Å². The molecule has 0 atom stereocenters. The molecule has 0 saturated heterocycles. The van der Waals surface area contributed by atoms with Crippen LogP contribution in [0.4, 0.5) is 4.39 Å². The lowest BCUT2D eigenvalue weighted by molar-refractivity contribution is 0.176. The first kappa shape index (κ1) is 19.9. The summed E-state index contributed by atoms with van der Waals surface area (Å²) in [5, 5.41) is 14.7. The Balaban J connectivity index is 1.57. The van der Waals surface area contributed by atoms with Gasteiger partial charge in [-0.05, 0) is 41.5 Å². The van der Waals surface area contributed by atoms with Crippen LogP contribution in [0.3, 0.4) is 0 Å². The van der Waals surface area contributed by atoms with E-state index in [1.54, 1.807) is 30.6 Å². The number of pyridine rings is 3. The molecule has 0 amide bonds. The second-order valence-corrected chi connectivity index (χ2v) is 7.58. The fourth-order valence-electron chi connectivity index (χ4n) is 3.93. The van der Waals surface area contributed by atoms with Crippen molar-refractivity contribution in [1.82, 2.24) is 24.6 Å². The molecule has 7 nitrogen and oxygen atoms in total. The predicted octanol–water partition coefficient (Wildman–Crippen LogP) is 3.46. The summed E-state index contributed by atoms with van der Waals surface area (Å²) in [5.74, 6) is -0.279. The van der Waals surface area contributed by atoms with Gasteiger partial charge in [-0.15, -0.1) is 0 Å². The van der Waals surface area contributed by atoms with Gasteiger partial charge in [0.1, 0.15) is 11.3 Å². The van der Waals surface area contributed by atoms with Gasteiger partial charge in [0, 0.05) is 49.0 Å². The second-order valence-electron chi connectivity index (χ2n) is 7.58. The third kappa shape index (κ3) is 3.72. The van der Waals surface area contributed by atoms with Crippen molar-refractivity contribution in [1.29, 1.82) is 0 Å². The van der Waals surface area contributed by atoms with Crippen molar-refractivity contribution in [2.24, 2.45) is 0 Å². The molecule has 0 aliphatic rings. The molecule has 160 valence electrons. The van der Waals surface area contributed by atoms with Gasteiger partial charge in [-0.25, -0.2) is 9.37 Å². The molecule has 0 spiro atoms. The van der Waals surface area contributed by atoms with Crippen molar-refractivity contribution in [3.05, 3.63) is 106 Å². The van der Waals surface area contributed by atoms with E-state index in [9.17, 15) is 14.4 Å². The molecule has 4 aromatic heterocycles. The monoisotopic (exact) mass is 429 g/mol. The Kier molecular flexibility index (Phi) is 5.12. The Morgan fingerprint density at radius 3 is 2.66 bits per heavy atom. The van der Waals surface area contributed by atoms with Crippen LogP contribution in [-0.4, -0.2) is 24.5 Å². The molecule has 0 aliphatic heterocycles. The van der Waals surface area contributed by atoms with E-state index in [4.69, 9.17) is 0 Å². The largest absolute Gasteiger partial charge is 0.425 e. The highest BCUT2D eigenvalue weighted by Crippen LogP contribution is 2.28. The number of hydrogen-bond donors (Lipinski definition) is 2. The third-order valence-corrected chi connectivity index (χ3v) is 5.45. The summed E-state index contributed by atoms with van der Waals surface area (Å²) in [7, 11) is 0. The lowest BCUT2D eigenvalue weighted by Gasteiger charge is -2.07. The van der Waals surface area contributed by atoms with Gasteiger partial charge in [-0.1, -0.05) is 18.2 Å². The summed E-state index contributed by atoms with van der Waals surface area (Å²) in [4.78, 5) is 21.1. The molecule has 0 fully saturated rings. The number of fused-ring (bicyclic) bond motifs is 3. The fourth-order valence-corrected chi connectivity index (χ4v) is 3.93. The molecule has 0 bridgehead atoms. The highest BCUT2D eigenvalue weighted by Gasteiger charge is 2.15. The molecule has 8 heteroatoms. The van der Waals surface area contributed by atoms with Crippen molar-refractivity contribution < 1.29 is 9.60 Å². The van der Waals surface area contributed by atoms with Crippen molar-refractivity contribution in [2.75, 3.05) is 0 Å². The van der Waals surface area contributed by atoms with E-state index >= 15 is 0 Å². The Hall–Kier alpha value is -4.04. The smallest absolute Gasteiger partial charge is 0.309 e. The normalized spacial score (nSPS) is 11.4. The van der Waals surface area contributed by atoms with Crippen LogP contribution in [0, 0.1) is 5.82 Å². The van der Waals surface area contributed by atoms with Gasteiger partial charge in [0.15, 0.2) is 0 Å². The molecule has 5 aromatic rings. The maximum atomic E-state index is 13.3. The highest BCUT2D eigenvalue weighted by molar-refractivity contribution is 6.06. The number of nitrogens with one attached hydrogen (secondary N) is 1. The number of hydrogen-bond acceptors (Lipinski definition) is 5. The highest BCUT2D eigenvalue weighted by atomic mass is 19.1. The van der Waals surface area contributed by atoms with Gasteiger partial charge in [-0.2, -0.15) is 4.73 Å². The van der Waals surface area contributed by atoms with E-state index in [2.05, 4.69) is 15.3 Å². The van der Waals surface area contributed by atoms with Crippen molar-refractivity contribution >= 4 is 21.8 Å². The molecule has 32 heavy (non-hydrogen) atoms. The summed E-state index contributed by atoms with van der Waals surface area (Å²) < 4.78 is 15.9. The second kappa shape index (κ2) is 8.24. The molecule has 0 unspecified atom stereocenters. The van der Waals surface area contributed by atoms with Crippen LogP contribution in [-0.2, 0) is 19.6 Å². The Bertz CT molecular complexity index is 1460. The first-order chi connectivity index (χ1) is 15.6. The molecular formula is C24H20FN5O2. The van der Waals surface area contributed by atoms with Crippen LogP contribution in [0.5, 0.6) is 0 Å². The van der Waals surface area contributed by atoms with Gasteiger partial charge in [-0.3, -0.25) is 9.78 Å². The maximum Gasteiger partial charge on any atom is 0.309 e. The maximum absolute atomic E-state index is 13.3. The van der Waals surface area contributed by atoms with Gasteiger partial charge in [0.25, 0.3) is 0 Å². The van der Waals surface area contributed by atoms with E-state index in [-0.39, 0.29) is 11.3 Å². The summed E-state index contributed by atoms with van der Waals surface area (Å²) in [6, 6.07) is 13.8. The SMILES string of the molecule is O=c1c2ncc3c(c(CNCc4ccccn4)cn3Cc3ccc(F)cc3)c2ccn1O. The number of rotatable bonds is 6. The van der Waals surface area contributed by atoms with Crippen molar-refractivity contribution in [3.63, 3.8) is 0 Å². The third-order valence-electron chi connectivity index (χ3n) is 5.45. The van der Waals surface area contributed by atoms with Crippen LogP contribution in [0.1, 0.15) is 16.8 Å². The summed E-state index contributed by atoms with van der Waals surface area (Å²) >= 11 is 0. The topological polar surface area (TPSA) is 85.0 Å². The van der Waals surface area contributed by atoms with Crippen LogP contribution in [0.25, 0.3) is 21.8 Å². The Labute approximate surface area is 182 Å². The molecule has 4 heterocycles. The van der Waals surface area contributed by atoms with Crippen molar-refractivity contribution in [2.45, 2.75) is 19.6 Å². The van der Waals surface area contributed by atoms with Crippen LogP contribution in [0.2, 0.25) is 0 Å². The lowest BCUT2D eigenvalue weighted by Crippen LogP contribution is -2.18. The summed E-state index contributed by atoms with van der Waals surface area (Å²) in [6.45, 7) is 1.67. The van der Waals surface area contributed by atoms with Crippen LogP contribution < -0.4 is 10.9 Å². The first-order valence-corrected chi connectivity index (χ1v) is 10.2. The first-order valence-electron chi connectivity index (χ1n) is 10.2. The average Bonchev–Trinajstić information content (AvgIpc) is 3.16.